The molecule has 1 aromatic heterocycles. The van der Waals surface area contributed by atoms with Crippen molar-refractivity contribution in [1.82, 2.24) is 19.7 Å². The molecule has 4 rings (SSSR count). The number of aromatic nitrogens is 3. The molecule has 0 bridgehead atoms. The van der Waals surface area contributed by atoms with E-state index in [4.69, 9.17) is 4.74 Å². The van der Waals surface area contributed by atoms with E-state index in [1.54, 1.807) is 7.11 Å². The van der Waals surface area contributed by atoms with Crippen LogP contribution < -0.4 is 4.74 Å². The summed E-state index contributed by atoms with van der Waals surface area (Å²) in [6, 6.07) is 8.40. The summed E-state index contributed by atoms with van der Waals surface area (Å²) < 4.78 is 7.53. The fourth-order valence-corrected chi connectivity index (χ4v) is 4.28. The Hall–Kier alpha value is -1.92. The van der Waals surface area contributed by atoms with Gasteiger partial charge in [0.2, 0.25) is 0 Å². The van der Waals surface area contributed by atoms with Gasteiger partial charge in [0.1, 0.15) is 23.0 Å². The lowest BCUT2D eigenvalue weighted by molar-refractivity contribution is -0.0264. The minimum absolute atomic E-state index is 0.0700. The fourth-order valence-electron chi connectivity index (χ4n) is 4.28. The van der Waals surface area contributed by atoms with Crippen molar-refractivity contribution < 1.29 is 9.84 Å². The molecule has 1 aliphatic heterocycles. The van der Waals surface area contributed by atoms with Crippen molar-refractivity contribution in [3.63, 3.8) is 0 Å². The molecule has 1 N–H and O–H groups in total. The zero-order chi connectivity index (χ0) is 18.3. The Morgan fingerprint density at radius 3 is 2.58 bits per heavy atom. The van der Waals surface area contributed by atoms with Gasteiger partial charge in [0.15, 0.2) is 0 Å². The summed E-state index contributed by atoms with van der Waals surface area (Å²) in [6.45, 7) is 5.68. The summed E-state index contributed by atoms with van der Waals surface area (Å²) in [5.74, 6) is 2.84. The standard InChI is InChI=1S/C20H28N4O2/c1-14-21-22-19(24(14)16-8-9-16)13-23-12-4-5-18(23)20(2,25)15-6-10-17(26-3)11-7-15/h6-7,10-11,16,18,25H,4-5,8-9,12-13H2,1-3H3. The quantitative estimate of drug-likeness (QED) is 0.862. The van der Waals surface area contributed by atoms with Crippen molar-refractivity contribution in [3.05, 3.63) is 41.5 Å². The number of benzene rings is 1. The molecule has 26 heavy (non-hydrogen) atoms. The second-order valence-corrected chi connectivity index (χ2v) is 7.77. The maximum Gasteiger partial charge on any atom is 0.147 e. The van der Waals surface area contributed by atoms with Gasteiger partial charge in [-0.3, -0.25) is 4.90 Å². The van der Waals surface area contributed by atoms with Crippen LogP contribution in [0, 0.1) is 6.92 Å². The van der Waals surface area contributed by atoms with Gasteiger partial charge in [0, 0.05) is 12.1 Å². The van der Waals surface area contributed by atoms with Crippen molar-refractivity contribution in [2.24, 2.45) is 0 Å². The van der Waals surface area contributed by atoms with E-state index in [0.29, 0.717) is 6.04 Å². The van der Waals surface area contributed by atoms with Crippen molar-refractivity contribution in [2.45, 2.75) is 63.8 Å². The molecule has 2 atom stereocenters. The second kappa shape index (κ2) is 6.67. The van der Waals surface area contributed by atoms with E-state index in [2.05, 4.69) is 19.7 Å². The summed E-state index contributed by atoms with van der Waals surface area (Å²) >= 11 is 0. The van der Waals surface area contributed by atoms with Crippen LogP contribution in [0.3, 0.4) is 0 Å². The summed E-state index contributed by atoms with van der Waals surface area (Å²) in [4.78, 5) is 2.37. The third-order valence-corrected chi connectivity index (χ3v) is 5.88. The first-order valence-corrected chi connectivity index (χ1v) is 9.52. The van der Waals surface area contributed by atoms with E-state index in [-0.39, 0.29) is 6.04 Å². The molecule has 0 spiro atoms. The van der Waals surface area contributed by atoms with Crippen LogP contribution in [0.4, 0.5) is 0 Å². The molecule has 0 amide bonds. The van der Waals surface area contributed by atoms with Crippen molar-refractivity contribution in [3.8, 4) is 5.75 Å². The smallest absolute Gasteiger partial charge is 0.147 e. The van der Waals surface area contributed by atoms with Crippen molar-refractivity contribution in [1.29, 1.82) is 0 Å². The Bertz CT molecular complexity index is 765. The molecule has 6 nitrogen and oxygen atoms in total. The highest BCUT2D eigenvalue weighted by Gasteiger charge is 2.41. The number of hydrogen-bond acceptors (Lipinski definition) is 5. The molecular formula is C20H28N4O2. The maximum atomic E-state index is 11.4. The molecule has 2 fully saturated rings. The molecule has 1 aliphatic carbocycles. The normalized spacial score (nSPS) is 23.2. The van der Waals surface area contributed by atoms with Gasteiger partial charge in [0.25, 0.3) is 0 Å². The monoisotopic (exact) mass is 356 g/mol. The molecule has 1 saturated carbocycles. The molecule has 2 aromatic rings. The molecule has 2 aliphatic rings. The fraction of sp³-hybridized carbons (Fsp3) is 0.600. The molecule has 1 saturated heterocycles. The molecule has 2 unspecified atom stereocenters. The number of ether oxygens (including phenoxy) is 1. The van der Waals surface area contributed by atoms with Crippen LogP contribution in [0.5, 0.6) is 5.75 Å². The van der Waals surface area contributed by atoms with E-state index < -0.39 is 5.60 Å². The number of aliphatic hydroxyl groups is 1. The van der Waals surface area contributed by atoms with E-state index >= 15 is 0 Å². The average molecular weight is 356 g/mol. The number of aryl methyl sites for hydroxylation is 1. The van der Waals surface area contributed by atoms with Gasteiger partial charge < -0.3 is 14.4 Å². The van der Waals surface area contributed by atoms with E-state index in [1.165, 1.54) is 12.8 Å². The van der Waals surface area contributed by atoms with Crippen LogP contribution in [0.15, 0.2) is 24.3 Å². The minimum Gasteiger partial charge on any atom is -0.497 e. The average Bonchev–Trinajstić information content (AvgIpc) is 3.24. The predicted molar refractivity (Wildman–Crippen MR) is 99.0 cm³/mol. The Balaban J connectivity index is 1.55. The van der Waals surface area contributed by atoms with Gasteiger partial charge in [0.05, 0.1) is 13.7 Å². The number of likely N-dealkylation sites (tertiary alicyclic amines) is 1. The van der Waals surface area contributed by atoms with E-state index in [9.17, 15) is 5.11 Å². The summed E-state index contributed by atoms with van der Waals surface area (Å²) in [6.07, 6.45) is 4.51. The van der Waals surface area contributed by atoms with Gasteiger partial charge in [-0.15, -0.1) is 10.2 Å². The van der Waals surface area contributed by atoms with Gasteiger partial charge >= 0.3 is 0 Å². The number of methoxy groups -OCH3 is 1. The van der Waals surface area contributed by atoms with Crippen LogP contribution in [-0.2, 0) is 12.1 Å². The predicted octanol–water partition coefficient (Wildman–Crippen LogP) is 2.80. The minimum atomic E-state index is -0.914. The summed E-state index contributed by atoms with van der Waals surface area (Å²) in [7, 11) is 1.66. The van der Waals surface area contributed by atoms with Crippen molar-refractivity contribution >= 4 is 0 Å². The van der Waals surface area contributed by atoms with Gasteiger partial charge in [-0.05, 0) is 63.8 Å². The molecule has 1 aromatic carbocycles. The third-order valence-electron chi connectivity index (χ3n) is 5.88. The van der Waals surface area contributed by atoms with Crippen LogP contribution >= 0.6 is 0 Å². The van der Waals surface area contributed by atoms with Crippen molar-refractivity contribution in [2.75, 3.05) is 13.7 Å². The van der Waals surface area contributed by atoms with Crippen LogP contribution in [0.1, 0.15) is 55.9 Å². The highest BCUT2D eigenvalue weighted by Crippen LogP contribution is 2.39. The van der Waals surface area contributed by atoms with E-state index in [0.717, 1.165) is 48.9 Å². The largest absolute Gasteiger partial charge is 0.497 e. The first kappa shape index (κ1) is 17.5. The lowest BCUT2D eigenvalue weighted by Gasteiger charge is -2.37. The Kier molecular flexibility index (Phi) is 4.49. The maximum absolute atomic E-state index is 11.4. The zero-order valence-electron chi connectivity index (χ0n) is 15.9. The van der Waals surface area contributed by atoms with Gasteiger partial charge in [-0.1, -0.05) is 12.1 Å². The SMILES string of the molecule is COc1ccc(C(C)(O)C2CCCN2Cc2nnc(C)n2C2CC2)cc1. The van der Waals surface area contributed by atoms with Crippen LogP contribution in [0.2, 0.25) is 0 Å². The first-order chi connectivity index (χ1) is 12.5. The Morgan fingerprint density at radius 1 is 1.19 bits per heavy atom. The van der Waals surface area contributed by atoms with Crippen LogP contribution in [0.25, 0.3) is 0 Å². The molecule has 2 heterocycles. The highest BCUT2D eigenvalue weighted by molar-refractivity contribution is 5.31. The lowest BCUT2D eigenvalue weighted by Crippen LogP contribution is -2.45. The molecule has 140 valence electrons. The molecule has 6 heteroatoms. The number of nitrogens with zero attached hydrogens (tertiary/aromatic N) is 4. The van der Waals surface area contributed by atoms with Gasteiger partial charge in [-0.2, -0.15) is 0 Å². The highest BCUT2D eigenvalue weighted by atomic mass is 16.5. The Labute approximate surface area is 154 Å². The van der Waals surface area contributed by atoms with Gasteiger partial charge in [-0.25, -0.2) is 0 Å². The topological polar surface area (TPSA) is 63.4 Å². The van der Waals surface area contributed by atoms with Crippen LogP contribution in [-0.4, -0.2) is 44.5 Å². The van der Waals surface area contributed by atoms with E-state index in [1.807, 2.05) is 38.1 Å². The number of rotatable bonds is 6. The second-order valence-electron chi connectivity index (χ2n) is 7.77. The zero-order valence-corrected chi connectivity index (χ0v) is 15.9. The molecule has 0 radical (unpaired) electrons. The summed E-state index contributed by atoms with van der Waals surface area (Å²) in [5.41, 5.74) is 0.0115. The first-order valence-electron chi connectivity index (χ1n) is 9.52. The summed E-state index contributed by atoms with van der Waals surface area (Å²) in [5, 5.41) is 20.1. The Morgan fingerprint density at radius 2 is 1.92 bits per heavy atom. The third kappa shape index (κ3) is 3.12. The molecular weight excluding hydrogens is 328 g/mol. The number of hydrogen-bond donors (Lipinski definition) is 1. The lowest BCUT2D eigenvalue weighted by atomic mass is 9.86.